The molecule has 1 aliphatic rings. The van der Waals surface area contributed by atoms with Crippen LogP contribution in [-0.4, -0.2) is 38.3 Å². The van der Waals surface area contributed by atoms with Crippen LogP contribution in [0.2, 0.25) is 0 Å². The van der Waals surface area contributed by atoms with Crippen LogP contribution >= 0.6 is 0 Å². The Morgan fingerprint density at radius 3 is 2.44 bits per heavy atom. The van der Waals surface area contributed by atoms with Crippen molar-refractivity contribution >= 4 is 15.9 Å². The molecule has 0 spiro atoms. The lowest BCUT2D eigenvalue weighted by Crippen LogP contribution is -2.43. The van der Waals surface area contributed by atoms with E-state index in [4.69, 9.17) is 0 Å². The van der Waals surface area contributed by atoms with Gasteiger partial charge in [-0.1, -0.05) is 31.9 Å². The Hall–Kier alpha value is -1.47. The van der Waals surface area contributed by atoms with E-state index in [2.05, 4.69) is 12.2 Å². The first kappa shape index (κ1) is 19.8. The van der Waals surface area contributed by atoms with Crippen molar-refractivity contribution in [2.75, 3.05) is 19.6 Å². The summed E-state index contributed by atoms with van der Waals surface area (Å²) in [5.74, 6) is -0.598. The van der Waals surface area contributed by atoms with Gasteiger partial charge in [0.1, 0.15) is 5.82 Å². The van der Waals surface area contributed by atoms with Gasteiger partial charge in [-0.2, -0.15) is 0 Å². The average molecular weight is 370 g/mol. The zero-order valence-corrected chi connectivity index (χ0v) is 15.5. The van der Waals surface area contributed by atoms with Crippen LogP contribution in [0.15, 0.2) is 24.3 Å². The summed E-state index contributed by atoms with van der Waals surface area (Å²) in [5.41, 5.74) is 0.567. The molecule has 1 heterocycles. The van der Waals surface area contributed by atoms with Crippen LogP contribution in [0.1, 0.15) is 44.6 Å². The van der Waals surface area contributed by atoms with E-state index >= 15 is 0 Å². The summed E-state index contributed by atoms with van der Waals surface area (Å²) in [4.78, 5) is 12.1. The molecule has 0 radical (unpaired) electrons. The SMILES string of the molecule is CCCCCNC(=O)C1CCN(S(=O)(=O)Cc2ccc(F)cc2)CC1. The van der Waals surface area contributed by atoms with Crippen molar-refractivity contribution in [3.05, 3.63) is 35.6 Å². The highest BCUT2D eigenvalue weighted by Crippen LogP contribution is 2.22. The topological polar surface area (TPSA) is 66.5 Å². The van der Waals surface area contributed by atoms with Crippen molar-refractivity contribution in [3.63, 3.8) is 0 Å². The lowest BCUT2D eigenvalue weighted by Gasteiger charge is -2.30. The number of halogens is 1. The number of nitrogens with zero attached hydrogens (tertiary/aromatic N) is 1. The van der Waals surface area contributed by atoms with E-state index in [9.17, 15) is 17.6 Å². The van der Waals surface area contributed by atoms with E-state index < -0.39 is 10.0 Å². The molecule has 1 aromatic carbocycles. The minimum atomic E-state index is -3.44. The van der Waals surface area contributed by atoms with E-state index in [1.165, 1.54) is 28.6 Å². The number of hydrogen-bond donors (Lipinski definition) is 1. The van der Waals surface area contributed by atoms with Crippen LogP contribution in [0.4, 0.5) is 4.39 Å². The largest absolute Gasteiger partial charge is 0.356 e. The number of rotatable bonds is 8. The van der Waals surface area contributed by atoms with E-state index in [0.717, 1.165) is 19.3 Å². The molecule has 1 aromatic rings. The number of sulfonamides is 1. The second-order valence-corrected chi connectivity index (χ2v) is 8.52. The first-order valence-corrected chi connectivity index (χ1v) is 10.5. The Morgan fingerprint density at radius 1 is 1.20 bits per heavy atom. The van der Waals surface area contributed by atoms with E-state index in [0.29, 0.717) is 38.0 Å². The molecule has 0 aliphatic carbocycles. The normalized spacial score (nSPS) is 16.7. The van der Waals surface area contributed by atoms with Crippen LogP contribution in [-0.2, 0) is 20.6 Å². The maximum Gasteiger partial charge on any atom is 0.223 e. The van der Waals surface area contributed by atoms with Gasteiger partial charge >= 0.3 is 0 Å². The average Bonchev–Trinajstić information content (AvgIpc) is 2.60. The third kappa shape index (κ3) is 6.08. The summed E-state index contributed by atoms with van der Waals surface area (Å²) < 4.78 is 39.4. The van der Waals surface area contributed by atoms with Gasteiger partial charge in [0.2, 0.25) is 15.9 Å². The fraction of sp³-hybridized carbons (Fsp3) is 0.611. The number of hydrogen-bond acceptors (Lipinski definition) is 3. The molecule has 1 N–H and O–H groups in total. The standard InChI is InChI=1S/C18H27FN2O3S/c1-2-3-4-11-20-18(22)16-9-12-21(13-10-16)25(23,24)14-15-5-7-17(19)8-6-15/h5-8,16H,2-4,9-14H2,1H3,(H,20,22). The summed E-state index contributed by atoms with van der Waals surface area (Å²) in [6, 6.07) is 5.51. The lowest BCUT2D eigenvalue weighted by molar-refractivity contribution is -0.126. The van der Waals surface area contributed by atoms with Crippen molar-refractivity contribution in [2.24, 2.45) is 5.92 Å². The fourth-order valence-electron chi connectivity index (χ4n) is 3.01. The Balaban J connectivity index is 1.82. The van der Waals surface area contributed by atoms with Crippen LogP contribution in [0.5, 0.6) is 0 Å². The van der Waals surface area contributed by atoms with Crippen LogP contribution in [0.25, 0.3) is 0 Å². The molecule has 140 valence electrons. The highest BCUT2D eigenvalue weighted by Gasteiger charge is 2.30. The highest BCUT2D eigenvalue weighted by molar-refractivity contribution is 7.88. The van der Waals surface area contributed by atoms with Crippen molar-refractivity contribution in [1.82, 2.24) is 9.62 Å². The van der Waals surface area contributed by atoms with Crippen LogP contribution in [0, 0.1) is 11.7 Å². The number of amides is 1. The van der Waals surface area contributed by atoms with Crippen molar-refractivity contribution in [3.8, 4) is 0 Å². The Labute approximate surface area is 149 Å². The Morgan fingerprint density at radius 2 is 1.84 bits per heavy atom. The maximum atomic E-state index is 12.9. The van der Waals surface area contributed by atoms with Gasteiger partial charge in [0.15, 0.2) is 0 Å². The maximum absolute atomic E-state index is 12.9. The van der Waals surface area contributed by atoms with E-state index in [-0.39, 0.29) is 23.4 Å². The van der Waals surface area contributed by atoms with Gasteiger partial charge in [-0.3, -0.25) is 4.79 Å². The predicted molar refractivity (Wildman–Crippen MR) is 95.9 cm³/mol. The molecule has 0 atom stereocenters. The molecule has 1 saturated heterocycles. The van der Waals surface area contributed by atoms with Crippen LogP contribution < -0.4 is 5.32 Å². The number of carbonyl (C=O) groups excluding carboxylic acids is 1. The molecule has 1 fully saturated rings. The predicted octanol–water partition coefficient (Wildman–Crippen LogP) is 2.67. The molecule has 0 saturated carbocycles. The summed E-state index contributed by atoms with van der Waals surface area (Å²) in [7, 11) is -3.44. The third-order valence-electron chi connectivity index (χ3n) is 4.56. The molecule has 0 aromatic heterocycles. The number of nitrogens with one attached hydrogen (secondary N) is 1. The molecular formula is C18H27FN2O3S. The second-order valence-electron chi connectivity index (χ2n) is 6.55. The minimum Gasteiger partial charge on any atom is -0.356 e. The Kier molecular flexibility index (Phi) is 7.38. The first-order chi connectivity index (χ1) is 11.9. The smallest absolute Gasteiger partial charge is 0.223 e. The Bertz CT molecular complexity index is 653. The number of benzene rings is 1. The molecule has 2 rings (SSSR count). The summed E-state index contributed by atoms with van der Waals surface area (Å²) in [6.45, 7) is 3.52. The van der Waals surface area contributed by atoms with Crippen molar-refractivity contribution < 1.29 is 17.6 Å². The van der Waals surface area contributed by atoms with E-state index in [1.807, 2.05) is 0 Å². The molecule has 1 amide bonds. The van der Waals surface area contributed by atoms with Crippen molar-refractivity contribution in [1.29, 1.82) is 0 Å². The molecular weight excluding hydrogens is 343 g/mol. The molecule has 0 unspecified atom stereocenters. The molecule has 1 aliphatic heterocycles. The van der Waals surface area contributed by atoms with Gasteiger partial charge in [-0.05, 0) is 37.0 Å². The lowest BCUT2D eigenvalue weighted by atomic mass is 9.97. The summed E-state index contributed by atoms with van der Waals surface area (Å²) >= 11 is 0. The van der Waals surface area contributed by atoms with Gasteiger partial charge in [-0.25, -0.2) is 17.1 Å². The highest BCUT2D eigenvalue weighted by atomic mass is 32.2. The quantitative estimate of drug-likeness (QED) is 0.716. The van der Waals surface area contributed by atoms with Gasteiger partial charge in [-0.15, -0.1) is 0 Å². The third-order valence-corrected chi connectivity index (χ3v) is 6.41. The van der Waals surface area contributed by atoms with Gasteiger partial charge in [0.05, 0.1) is 5.75 Å². The molecule has 5 nitrogen and oxygen atoms in total. The summed E-state index contributed by atoms with van der Waals surface area (Å²) in [5, 5.41) is 2.94. The number of unbranched alkanes of at least 4 members (excludes halogenated alkanes) is 2. The van der Waals surface area contributed by atoms with Crippen molar-refractivity contribution in [2.45, 2.75) is 44.8 Å². The van der Waals surface area contributed by atoms with Gasteiger partial charge < -0.3 is 5.32 Å². The summed E-state index contributed by atoms with van der Waals surface area (Å²) in [6.07, 6.45) is 4.28. The molecule has 25 heavy (non-hydrogen) atoms. The number of piperidine rings is 1. The molecule has 0 bridgehead atoms. The first-order valence-electron chi connectivity index (χ1n) is 8.92. The van der Waals surface area contributed by atoms with Gasteiger partial charge in [0, 0.05) is 25.6 Å². The zero-order chi connectivity index (χ0) is 18.3. The molecule has 7 heteroatoms. The van der Waals surface area contributed by atoms with Gasteiger partial charge in [0.25, 0.3) is 0 Å². The fourth-order valence-corrected chi connectivity index (χ4v) is 4.57. The minimum absolute atomic E-state index is 0.0340. The zero-order valence-electron chi connectivity index (χ0n) is 14.7. The van der Waals surface area contributed by atoms with E-state index in [1.54, 1.807) is 0 Å². The number of carbonyl (C=O) groups is 1. The monoisotopic (exact) mass is 370 g/mol. The van der Waals surface area contributed by atoms with Crippen LogP contribution in [0.3, 0.4) is 0 Å². The second kappa shape index (κ2) is 9.29.